The third kappa shape index (κ3) is 8.08. The van der Waals surface area contributed by atoms with E-state index in [1.165, 1.54) is 18.1 Å². The molecule has 0 bridgehead atoms. The smallest absolute Gasteiger partial charge is 0.433 e. The summed E-state index contributed by atoms with van der Waals surface area (Å²) in [6.07, 6.45) is 5.54. The van der Waals surface area contributed by atoms with Gasteiger partial charge in [-0.15, -0.1) is 0 Å². The number of pyridine rings is 1. The normalized spacial score (nSPS) is 21.6. The lowest BCUT2D eigenvalue weighted by atomic mass is 9.70. The number of ether oxygens (including phenoxy) is 1. The summed E-state index contributed by atoms with van der Waals surface area (Å²) < 4.78 is 47.0. The SMILES string of the molecule is COc1cc2nn([C@H]3CC[C@@H](N4CCC5(CCN(C(=O)c6ccc(Cl)c(N7CCC(=O)NC7=O)c6)CC5)CC4)CC3)cc2cc1NC(=O)c1cccc(C(F)(F)F)n1. The third-order valence-electron chi connectivity index (χ3n) is 12.4. The fourth-order valence-electron chi connectivity index (χ4n) is 9.00. The lowest BCUT2D eigenvalue weighted by Gasteiger charge is -2.49. The molecule has 5 amide bonds. The molecule has 0 radical (unpaired) electrons. The van der Waals surface area contributed by atoms with Crippen LogP contribution in [0.1, 0.15) is 90.4 Å². The van der Waals surface area contributed by atoms with Crippen molar-refractivity contribution < 1.29 is 37.1 Å². The van der Waals surface area contributed by atoms with Gasteiger partial charge in [-0.05, 0) is 106 Å². The van der Waals surface area contributed by atoms with Crippen molar-refractivity contribution in [2.75, 3.05) is 50.1 Å². The van der Waals surface area contributed by atoms with Gasteiger partial charge in [0.15, 0.2) is 0 Å². The van der Waals surface area contributed by atoms with E-state index in [1.807, 2.05) is 15.8 Å². The average Bonchev–Trinajstić information content (AvgIpc) is 3.64. The fraction of sp³-hybridized carbons (Fsp3) is 0.463. The number of piperidine rings is 2. The number of likely N-dealkylation sites (tertiary alicyclic amines) is 2. The Hall–Kier alpha value is -5.22. The summed E-state index contributed by atoms with van der Waals surface area (Å²) in [4.78, 5) is 60.0. The van der Waals surface area contributed by atoms with Crippen molar-refractivity contribution >= 4 is 57.6 Å². The van der Waals surface area contributed by atoms with E-state index in [2.05, 4.69) is 20.5 Å². The van der Waals surface area contributed by atoms with E-state index in [4.69, 9.17) is 21.4 Å². The van der Waals surface area contributed by atoms with Crippen LogP contribution in [0.3, 0.4) is 0 Å². The maximum absolute atomic E-state index is 13.6. The van der Waals surface area contributed by atoms with Gasteiger partial charge in [-0.25, -0.2) is 9.78 Å². The highest BCUT2D eigenvalue weighted by Gasteiger charge is 2.41. The number of aromatic nitrogens is 3. The number of benzene rings is 2. The number of hydrogen-bond acceptors (Lipinski definition) is 8. The molecule has 3 aliphatic heterocycles. The number of nitrogens with zero attached hydrogens (tertiary/aromatic N) is 6. The van der Waals surface area contributed by atoms with Crippen molar-refractivity contribution in [2.24, 2.45) is 5.41 Å². The number of amides is 5. The molecule has 1 saturated carbocycles. The Morgan fingerprint density at radius 1 is 0.931 bits per heavy atom. The molecular formula is C41H44ClF3N8O5. The van der Waals surface area contributed by atoms with Crippen LogP contribution in [0, 0.1) is 5.41 Å². The molecule has 0 unspecified atom stereocenters. The van der Waals surface area contributed by atoms with Crippen LogP contribution in [-0.2, 0) is 11.0 Å². The number of rotatable bonds is 7. The van der Waals surface area contributed by atoms with Gasteiger partial charge in [0.05, 0.1) is 35.1 Å². The predicted molar refractivity (Wildman–Crippen MR) is 210 cm³/mol. The number of methoxy groups -OCH3 is 1. The molecule has 4 aromatic rings. The molecule has 2 N–H and O–H groups in total. The first-order valence-electron chi connectivity index (χ1n) is 19.7. The lowest BCUT2D eigenvalue weighted by Crippen LogP contribution is -2.51. The van der Waals surface area contributed by atoms with E-state index in [0.29, 0.717) is 52.4 Å². The van der Waals surface area contributed by atoms with Crippen molar-refractivity contribution in [3.8, 4) is 5.75 Å². The number of urea groups is 1. The van der Waals surface area contributed by atoms with Gasteiger partial charge in [0.1, 0.15) is 17.1 Å². The fourth-order valence-corrected chi connectivity index (χ4v) is 9.21. The van der Waals surface area contributed by atoms with Crippen LogP contribution >= 0.6 is 11.6 Å². The first-order chi connectivity index (χ1) is 27.8. The molecule has 0 atom stereocenters. The first kappa shape index (κ1) is 39.6. The number of anilines is 2. The van der Waals surface area contributed by atoms with Crippen molar-refractivity contribution in [1.82, 2.24) is 29.9 Å². The Bertz CT molecular complexity index is 2240. The van der Waals surface area contributed by atoms with Crippen LogP contribution in [0.25, 0.3) is 10.9 Å². The molecule has 13 nitrogen and oxygen atoms in total. The molecule has 17 heteroatoms. The van der Waals surface area contributed by atoms with Gasteiger partial charge in [0.25, 0.3) is 11.8 Å². The van der Waals surface area contributed by atoms with Crippen LogP contribution in [0.4, 0.5) is 29.3 Å². The highest BCUT2D eigenvalue weighted by atomic mass is 35.5. The summed E-state index contributed by atoms with van der Waals surface area (Å²) >= 11 is 6.41. The maximum atomic E-state index is 13.6. The minimum Gasteiger partial charge on any atom is -0.494 e. The quantitative estimate of drug-likeness (QED) is 0.198. The Morgan fingerprint density at radius 2 is 1.64 bits per heavy atom. The average molecular weight is 821 g/mol. The van der Waals surface area contributed by atoms with Crippen LogP contribution in [0.2, 0.25) is 5.02 Å². The Balaban J connectivity index is 0.831. The van der Waals surface area contributed by atoms with E-state index in [-0.39, 0.29) is 41.9 Å². The number of carbonyl (C=O) groups excluding carboxylic acids is 4. The van der Waals surface area contributed by atoms with E-state index < -0.39 is 23.8 Å². The van der Waals surface area contributed by atoms with Crippen LogP contribution in [0.15, 0.2) is 54.7 Å². The lowest BCUT2D eigenvalue weighted by molar-refractivity contribution is -0.141. The summed E-state index contributed by atoms with van der Waals surface area (Å²) in [5, 5.41) is 10.9. The van der Waals surface area contributed by atoms with Crippen molar-refractivity contribution in [3.05, 3.63) is 76.7 Å². The number of fused-ring (bicyclic) bond motifs is 1. The molecule has 5 heterocycles. The van der Waals surface area contributed by atoms with Gasteiger partial charge in [-0.3, -0.25) is 29.3 Å². The molecule has 1 spiro atoms. The molecule has 306 valence electrons. The summed E-state index contributed by atoms with van der Waals surface area (Å²) in [5.41, 5.74) is 0.596. The van der Waals surface area contributed by atoms with E-state index >= 15 is 0 Å². The second kappa shape index (κ2) is 15.9. The van der Waals surface area contributed by atoms with E-state index in [0.717, 1.165) is 82.0 Å². The summed E-state index contributed by atoms with van der Waals surface area (Å²) in [7, 11) is 1.45. The minimum absolute atomic E-state index is 0.0848. The maximum Gasteiger partial charge on any atom is 0.433 e. The zero-order valence-corrected chi connectivity index (χ0v) is 32.7. The number of alkyl halides is 3. The van der Waals surface area contributed by atoms with Gasteiger partial charge < -0.3 is 19.9 Å². The van der Waals surface area contributed by atoms with Crippen LogP contribution < -0.4 is 20.3 Å². The van der Waals surface area contributed by atoms with Gasteiger partial charge in [0, 0.05) is 55.3 Å². The Morgan fingerprint density at radius 3 is 2.33 bits per heavy atom. The zero-order valence-electron chi connectivity index (χ0n) is 32.0. The minimum atomic E-state index is -4.67. The standard InChI is InChI=1S/C41H44ClF3N8O5/c1-58-34-23-31-26(21-32(34)47-37(55)30-3-2-4-35(46-30)41(43,44)45)24-53(49-31)28-8-6-27(7-9-28)50-17-12-40(13-18-50)14-19-51(20-15-40)38(56)25-5-10-29(42)33(22-25)52-16-11-36(54)48-39(52)57/h2-5,10,21-24,27-28H,6-9,11-20H2,1H3,(H,47,55)(H,48,54,57)/t27-,28+. The Labute approximate surface area is 337 Å². The predicted octanol–water partition coefficient (Wildman–Crippen LogP) is 7.31. The number of nitrogens with one attached hydrogen (secondary N) is 2. The molecular weight excluding hydrogens is 777 g/mol. The number of hydrogen-bond donors (Lipinski definition) is 2. The van der Waals surface area contributed by atoms with Gasteiger partial charge in [-0.1, -0.05) is 17.7 Å². The van der Waals surface area contributed by atoms with Crippen molar-refractivity contribution in [3.63, 3.8) is 0 Å². The van der Waals surface area contributed by atoms with E-state index in [9.17, 15) is 32.3 Å². The molecule has 1 aliphatic carbocycles. The first-order valence-corrected chi connectivity index (χ1v) is 20.0. The van der Waals surface area contributed by atoms with Gasteiger partial charge in [-0.2, -0.15) is 18.3 Å². The molecule has 3 saturated heterocycles. The third-order valence-corrected chi connectivity index (χ3v) is 12.7. The molecule has 8 rings (SSSR count). The largest absolute Gasteiger partial charge is 0.494 e. The van der Waals surface area contributed by atoms with Crippen molar-refractivity contribution in [2.45, 2.75) is 76.0 Å². The number of halogens is 4. The zero-order chi connectivity index (χ0) is 40.8. The molecule has 4 aliphatic rings. The topological polar surface area (TPSA) is 142 Å². The van der Waals surface area contributed by atoms with Gasteiger partial charge in [0.2, 0.25) is 5.91 Å². The van der Waals surface area contributed by atoms with Crippen molar-refractivity contribution in [1.29, 1.82) is 0 Å². The molecule has 2 aromatic heterocycles. The molecule has 58 heavy (non-hydrogen) atoms. The van der Waals surface area contributed by atoms with Gasteiger partial charge >= 0.3 is 12.2 Å². The molecule has 2 aromatic carbocycles. The monoisotopic (exact) mass is 820 g/mol. The molecule has 4 fully saturated rings. The van der Waals surface area contributed by atoms with Crippen LogP contribution in [0.5, 0.6) is 5.75 Å². The second-order valence-electron chi connectivity index (χ2n) is 15.8. The van der Waals surface area contributed by atoms with E-state index in [1.54, 1.807) is 30.3 Å². The highest BCUT2D eigenvalue weighted by Crippen LogP contribution is 2.44. The summed E-state index contributed by atoms with van der Waals surface area (Å²) in [6.45, 7) is 3.60. The number of imide groups is 1. The second-order valence-corrected chi connectivity index (χ2v) is 16.2. The Kier molecular flexibility index (Phi) is 10.8. The number of carbonyl (C=O) groups is 4. The van der Waals surface area contributed by atoms with Crippen LogP contribution in [-0.4, -0.2) is 94.2 Å². The summed E-state index contributed by atoms with van der Waals surface area (Å²) in [6, 6.07) is 11.7. The highest BCUT2D eigenvalue weighted by molar-refractivity contribution is 6.34. The summed E-state index contributed by atoms with van der Waals surface area (Å²) in [5.74, 6) is -0.866.